The standard InChI is InChI=1S/C48H34N4/c1-48(2)39-29-28-33(35-23-15-27-42-44(35)36-22-12-13-26-41(36)52(42)34-20-10-5-11-21-34)30-38(39)43-37(24-14-25-40(43)48)47-50-45(31-16-6-3-7-17-31)49-46(51-47)32-18-8-4-9-19-32/h3-30H,1-2H3. The van der Waals surface area contributed by atoms with Crippen molar-refractivity contribution in [3.63, 3.8) is 0 Å². The maximum atomic E-state index is 5.16. The lowest BCUT2D eigenvalue weighted by Crippen LogP contribution is -2.14. The fraction of sp³-hybridized carbons (Fsp3) is 0.0625. The number of nitrogens with zero attached hydrogens (tertiary/aromatic N) is 4. The Bertz CT molecular complexity index is 2740. The summed E-state index contributed by atoms with van der Waals surface area (Å²) in [5.74, 6) is 2.00. The molecule has 1 aliphatic carbocycles. The van der Waals surface area contributed by atoms with Crippen LogP contribution in [0.4, 0.5) is 0 Å². The van der Waals surface area contributed by atoms with E-state index in [-0.39, 0.29) is 5.41 Å². The molecule has 0 unspecified atom stereocenters. The summed E-state index contributed by atoms with van der Waals surface area (Å²) in [5, 5.41) is 2.50. The fourth-order valence-electron chi connectivity index (χ4n) is 8.20. The first kappa shape index (κ1) is 30.2. The summed E-state index contributed by atoms with van der Waals surface area (Å²) < 4.78 is 2.38. The van der Waals surface area contributed by atoms with E-state index in [1.165, 1.54) is 55.2 Å². The summed E-state index contributed by atoms with van der Waals surface area (Å²) in [7, 11) is 0. The van der Waals surface area contributed by atoms with Crippen LogP contribution >= 0.6 is 0 Å². The molecule has 0 spiro atoms. The number of hydrogen-bond acceptors (Lipinski definition) is 3. The molecule has 10 rings (SSSR count). The molecule has 0 saturated carbocycles. The minimum Gasteiger partial charge on any atom is -0.309 e. The van der Waals surface area contributed by atoms with Gasteiger partial charge in [-0.3, -0.25) is 0 Å². The lowest BCUT2D eigenvalue weighted by atomic mass is 9.82. The van der Waals surface area contributed by atoms with E-state index in [0.717, 1.165) is 22.4 Å². The molecule has 52 heavy (non-hydrogen) atoms. The number of rotatable bonds is 5. The van der Waals surface area contributed by atoms with Crippen LogP contribution in [0, 0.1) is 0 Å². The molecule has 0 aliphatic heterocycles. The van der Waals surface area contributed by atoms with Gasteiger partial charge in [0.25, 0.3) is 0 Å². The van der Waals surface area contributed by atoms with Gasteiger partial charge in [0.15, 0.2) is 17.5 Å². The molecule has 1 aliphatic rings. The van der Waals surface area contributed by atoms with Gasteiger partial charge in [0.05, 0.1) is 11.0 Å². The van der Waals surface area contributed by atoms with Crippen LogP contribution in [0.1, 0.15) is 25.0 Å². The highest BCUT2D eigenvalue weighted by molar-refractivity contribution is 6.16. The molecular weight excluding hydrogens is 633 g/mol. The zero-order valence-corrected chi connectivity index (χ0v) is 29.0. The summed E-state index contributed by atoms with van der Waals surface area (Å²) in [5.41, 5.74) is 13.7. The van der Waals surface area contributed by atoms with Crippen LogP contribution in [0.2, 0.25) is 0 Å². The first-order valence-corrected chi connectivity index (χ1v) is 17.8. The largest absolute Gasteiger partial charge is 0.309 e. The Kier molecular flexibility index (Phi) is 6.80. The molecule has 0 bridgehead atoms. The summed E-state index contributed by atoms with van der Waals surface area (Å²) in [4.78, 5) is 15.3. The van der Waals surface area contributed by atoms with Crippen molar-refractivity contribution in [2.75, 3.05) is 0 Å². The Morgan fingerprint density at radius 3 is 1.71 bits per heavy atom. The number of para-hydroxylation sites is 2. The van der Waals surface area contributed by atoms with Crippen molar-refractivity contribution >= 4 is 21.8 Å². The third-order valence-corrected chi connectivity index (χ3v) is 10.7. The topological polar surface area (TPSA) is 43.6 Å². The van der Waals surface area contributed by atoms with E-state index in [9.17, 15) is 0 Å². The monoisotopic (exact) mass is 666 g/mol. The summed E-state index contributed by atoms with van der Waals surface area (Å²) in [6.07, 6.45) is 0. The Morgan fingerprint density at radius 1 is 0.423 bits per heavy atom. The Morgan fingerprint density at radius 2 is 1.00 bits per heavy atom. The third kappa shape index (κ3) is 4.65. The molecule has 0 N–H and O–H groups in total. The number of hydrogen-bond donors (Lipinski definition) is 0. The van der Waals surface area contributed by atoms with Gasteiger partial charge in [-0.2, -0.15) is 0 Å². The van der Waals surface area contributed by atoms with E-state index in [0.29, 0.717) is 17.5 Å². The van der Waals surface area contributed by atoms with Gasteiger partial charge in [-0.25, -0.2) is 15.0 Å². The Hall–Kier alpha value is -6.65. The summed E-state index contributed by atoms with van der Waals surface area (Å²) in [6.45, 7) is 4.65. The van der Waals surface area contributed by atoms with Crippen molar-refractivity contribution in [3.05, 3.63) is 181 Å². The van der Waals surface area contributed by atoms with Crippen molar-refractivity contribution in [2.24, 2.45) is 0 Å². The average molecular weight is 667 g/mol. The molecule has 0 atom stereocenters. The van der Waals surface area contributed by atoms with Crippen molar-refractivity contribution in [1.29, 1.82) is 0 Å². The molecule has 0 amide bonds. The lowest BCUT2D eigenvalue weighted by Gasteiger charge is -2.21. The van der Waals surface area contributed by atoms with Gasteiger partial charge < -0.3 is 4.57 Å². The minimum atomic E-state index is -0.202. The van der Waals surface area contributed by atoms with Crippen LogP contribution in [0.25, 0.3) is 83.9 Å². The molecule has 7 aromatic carbocycles. The Balaban J connectivity index is 1.20. The van der Waals surface area contributed by atoms with Gasteiger partial charge >= 0.3 is 0 Å². The zero-order chi connectivity index (χ0) is 34.8. The maximum Gasteiger partial charge on any atom is 0.164 e. The first-order chi connectivity index (χ1) is 25.6. The van der Waals surface area contributed by atoms with Gasteiger partial charge in [0.1, 0.15) is 0 Å². The van der Waals surface area contributed by atoms with Crippen LogP contribution < -0.4 is 0 Å². The first-order valence-electron chi connectivity index (χ1n) is 17.8. The van der Waals surface area contributed by atoms with Crippen LogP contribution in [-0.2, 0) is 5.41 Å². The number of fused-ring (bicyclic) bond motifs is 6. The van der Waals surface area contributed by atoms with E-state index in [4.69, 9.17) is 15.0 Å². The van der Waals surface area contributed by atoms with Crippen molar-refractivity contribution in [3.8, 4) is 62.1 Å². The van der Waals surface area contributed by atoms with E-state index in [1.807, 2.05) is 36.4 Å². The smallest absolute Gasteiger partial charge is 0.164 e. The second-order valence-electron chi connectivity index (χ2n) is 14.0. The highest BCUT2D eigenvalue weighted by atomic mass is 15.0. The van der Waals surface area contributed by atoms with Gasteiger partial charge in [-0.05, 0) is 63.7 Å². The van der Waals surface area contributed by atoms with Crippen molar-refractivity contribution in [1.82, 2.24) is 19.5 Å². The van der Waals surface area contributed by atoms with Gasteiger partial charge in [0, 0.05) is 38.6 Å². The molecule has 4 nitrogen and oxygen atoms in total. The normalized spacial score (nSPS) is 13.0. The minimum absolute atomic E-state index is 0.202. The van der Waals surface area contributed by atoms with E-state index in [1.54, 1.807) is 0 Å². The second kappa shape index (κ2) is 11.7. The summed E-state index contributed by atoms with van der Waals surface area (Å²) in [6, 6.07) is 60.1. The predicted molar refractivity (Wildman–Crippen MR) is 213 cm³/mol. The maximum absolute atomic E-state index is 5.16. The lowest BCUT2D eigenvalue weighted by molar-refractivity contribution is 0.660. The van der Waals surface area contributed by atoms with Crippen LogP contribution in [0.5, 0.6) is 0 Å². The second-order valence-corrected chi connectivity index (χ2v) is 14.0. The molecule has 246 valence electrons. The molecule has 4 heteroatoms. The van der Waals surface area contributed by atoms with Gasteiger partial charge in [-0.15, -0.1) is 0 Å². The molecule has 0 fully saturated rings. The highest BCUT2D eigenvalue weighted by Crippen LogP contribution is 2.53. The quantitative estimate of drug-likeness (QED) is 0.184. The van der Waals surface area contributed by atoms with E-state index < -0.39 is 0 Å². The SMILES string of the molecule is CC1(C)c2ccc(-c3cccc4c3c3ccccc3n4-c3ccccc3)cc2-c2c(-c3nc(-c4ccccc4)nc(-c4ccccc4)n3)cccc21. The number of benzene rings is 7. The predicted octanol–water partition coefficient (Wildman–Crippen LogP) is 11.9. The molecular formula is C48H34N4. The molecule has 0 radical (unpaired) electrons. The van der Waals surface area contributed by atoms with Crippen LogP contribution in [-0.4, -0.2) is 19.5 Å². The van der Waals surface area contributed by atoms with Crippen LogP contribution in [0.3, 0.4) is 0 Å². The van der Waals surface area contributed by atoms with Crippen molar-refractivity contribution in [2.45, 2.75) is 19.3 Å². The zero-order valence-electron chi connectivity index (χ0n) is 29.0. The molecule has 0 saturated heterocycles. The van der Waals surface area contributed by atoms with Gasteiger partial charge in [-0.1, -0.05) is 153 Å². The fourth-order valence-corrected chi connectivity index (χ4v) is 8.20. The van der Waals surface area contributed by atoms with E-state index >= 15 is 0 Å². The van der Waals surface area contributed by atoms with Crippen LogP contribution in [0.15, 0.2) is 170 Å². The van der Waals surface area contributed by atoms with Crippen molar-refractivity contribution < 1.29 is 0 Å². The average Bonchev–Trinajstić information content (AvgIpc) is 3.67. The third-order valence-electron chi connectivity index (χ3n) is 10.7. The molecule has 9 aromatic rings. The highest BCUT2D eigenvalue weighted by Gasteiger charge is 2.37. The van der Waals surface area contributed by atoms with Gasteiger partial charge in [0.2, 0.25) is 0 Å². The molecule has 2 aromatic heterocycles. The summed E-state index contributed by atoms with van der Waals surface area (Å²) >= 11 is 0. The Labute approximate surface area is 302 Å². The molecule has 2 heterocycles. The van der Waals surface area contributed by atoms with E-state index in [2.05, 4.69) is 152 Å². The number of aromatic nitrogens is 4.